The Morgan fingerprint density at radius 3 is 2.57 bits per heavy atom. The maximum absolute atomic E-state index is 13.1. The Labute approximate surface area is 173 Å². The van der Waals surface area contributed by atoms with Gasteiger partial charge in [0, 0.05) is 30.3 Å². The number of piperidine rings is 1. The molecule has 2 aromatic carbocycles. The lowest BCUT2D eigenvalue weighted by Crippen LogP contribution is -2.41. The molecule has 9 nitrogen and oxygen atoms in total. The molecule has 156 valence electrons. The first-order valence-electron chi connectivity index (χ1n) is 9.49. The molecule has 0 spiro atoms. The third-order valence-electron chi connectivity index (χ3n) is 5.23. The van der Waals surface area contributed by atoms with Crippen molar-refractivity contribution >= 4 is 38.4 Å². The summed E-state index contributed by atoms with van der Waals surface area (Å²) in [6.07, 6.45) is 0.787. The number of carbonyl (C=O) groups excluding carboxylic acids is 2. The zero-order chi connectivity index (χ0) is 21.3. The summed E-state index contributed by atoms with van der Waals surface area (Å²) in [5.41, 5.74) is 1.64. The lowest BCUT2D eigenvalue weighted by Gasteiger charge is -2.30. The number of benzene rings is 2. The molecule has 1 amide bonds. The highest BCUT2D eigenvalue weighted by Crippen LogP contribution is 2.28. The molecule has 1 aliphatic rings. The molecule has 1 aromatic heterocycles. The minimum atomic E-state index is -3.78. The maximum Gasteiger partial charge on any atom is 0.245 e. The van der Waals surface area contributed by atoms with Gasteiger partial charge < -0.3 is 5.32 Å². The van der Waals surface area contributed by atoms with E-state index in [0.29, 0.717) is 29.6 Å². The Morgan fingerprint density at radius 2 is 1.83 bits per heavy atom. The molecule has 1 fully saturated rings. The van der Waals surface area contributed by atoms with Crippen molar-refractivity contribution in [3.8, 4) is 0 Å². The Kier molecular flexibility index (Phi) is 5.35. The van der Waals surface area contributed by atoms with Crippen LogP contribution in [0.1, 0.15) is 30.1 Å². The van der Waals surface area contributed by atoms with Crippen molar-refractivity contribution in [1.29, 1.82) is 0 Å². The van der Waals surface area contributed by atoms with Gasteiger partial charge in [-0.3, -0.25) is 9.59 Å². The van der Waals surface area contributed by atoms with E-state index in [0.717, 1.165) is 0 Å². The molecule has 10 heteroatoms. The summed E-state index contributed by atoms with van der Waals surface area (Å²) in [6, 6.07) is 11.4. The third-order valence-corrected chi connectivity index (χ3v) is 7.16. The average molecular weight is 428 g/mol. The second-order valence-corrected chi connectivity index (χ2v) is 9.10. The minimum absolute atomic E-state index is 0.0465. The smallest absolute Gasteiger partial charge is 0.245 e. The highest BCUT2D eigenvalue weighted by Gasteiger charge is 2.33. The number of anilines is 1. The Bertz CT molecular complexity index is 1210. The molecule has 0 saturated carbocycles. The minimum Gasteiger partial charge on any atom is -0.326 e. The van der Waals surface area contributed by atoms with E-state index in [1.54, 1.807) is 36.4 Å². The van der Waals surface area contributed by atoms with Gasteiger partial charge in [-0.1, -0.05) is 18.2 Å². The number of nitrogens with zero attached hydrogens (tertiary/aromatic N) is 3. The van der Waals surface area contributed by atoms with Crippen LogP contribution in [0, 0.1) is 5.92 Å². The van der Waals surface area contributed by atoms with Gasteiger partial charge in [-0.25, -0.2) is 13.0 Å². The van der Waals surface area contributed by atoms with E-state index in [2.05, 4.69) is 20.3 Å². The summed E-state index contributed by atoms with van der Waals surface area (Å²) in [5.74, 6) is -0.584. The number of carbonyl (C=O) groups is 2. The maximum atomic E-state index is 13.1. The van der Waals surface area contributed by atoms with Gasteiger partial charge >= 0.3 is 0 Å². The molecule has 0 aliphatic carbocycles. The normalized spacial score (nSPS) is 15.9. The van der Waals surface area contributed by atoms with Crippen LogP contribution < -0.4 is 5.32 Å². The van der Waals surface area contributed by atoms with Crippen LogP contribution in [0.4, 0.5) is 5.69 Å². The molecule has 0 atom stereocenters. The first kappa shape index (κ1) is 20.2. The summed E-state index contributed by atoms with van der Waals surface area (Å²) in [5, 5.41) is 10.2. The molecule has 3 aromatic rings. The number of amides is 1. The molecule has 0 unspecified atom stereocenters. The van der Waals surface area contributed by atoms with Crippen LogP contribution in [-0.2, 0) is 14.8 Å². The molecule has 0 radical (unpaired) electrons. The molecule has 2 heterocycles. The fourth-order valence-electron chi connectivity index (χ4n) is 3.55. The number of hydrogen-bond acceptors (Lipinski definition) is 7. The number of aromatic nitrogens is 2. The molecular weight excluding hydrogens is 408 g/mol. The molecule has 0 bridgehead atoms. The summed E-state index contributed by atoms with van der Waals surface area (Å²) in [7, 11) is -3.78. The quantitative estimate of drug-likeness (QED) is 0.619. The summed E-state index contributed by atoms with van der Waals surface area (Å²) < 4.78 is 32.1. The zero-order valence-corrected chi connectivity index (χ0v) is 17.1. The van der Waals surface area contributed by atoms with Crippen molar-refractivity contribution in [2.45, 2.75) is 24.7 Å². The topological polar surface area (TPSA) is 122 Å². The van der Waals surface area contributed by atoms with E-state index in [9.17, 15) is 18.0 Å². The highest BCUT2D eigenvalue weighted by atomic mass is 32.2. The third kappa shape index (κ3) is 3.83. The van der Waals surface area contributed by atoms with Crippen LogP contribution in [0.25, 0.3) is 11.0 Å². The van der Waals surface area contributed by atoms with Crippen LogP contribution in [0.5, 0.6) is 0 Å². The predicted molar refractivity (Wildman–Crippen MR) is 108 cm³/mol. The molecule has 1 saturated heterocycles. The zero-order valence-electron chi connectivity index (χ0n) is 16.2. The van der Waals surface area contributed by atoms with Gasteiger partial charge in [-0.2, -0.15) is 4.31 Å². The van der Waals surface area contributed by atoms with Crippen molar-refractivity contribution in [2.24, 2.45) is 5.92 Å². The molecule has 4 rings (SSSR count). The van der Waals surface area contributed by atoms with Gasteiger partial charge in [0.15, 0.2) is 11.3 Å². The largest absolute Gasteiger partial charge is 0.326 e. The van der Waals surface area contributed by atoms with Gasteiger partial charge in [0.2, 0.25) is 15.9 Å². The number of Topliss-reactive ketones (excluding diaryl/α,β-unsaturated/α-hetero) is 1. The van der Waals surface area contributed by atoms with Crippen molar-refractivity contribution in [2.75, 3.05) is 18.4 Å². The summed E-state index contributed by atoms with van der Waals surface area (Å²) >= 11 is 0. The number of rotatable bonds is 5. The monoisotopic (exact) mass is 428 g/mol. The number of fused-ring (bicyclic) bond motifs is 1. The summed E-state index contributed by atoms with van der Waals surface area (Å²) in [6.45, 7) is 1.90. The van der Waals surface area contributed by atoms with Gasteiger partial charge in [0.25, 0.3) is 0 Å². The van der Waals surface area contributed by atoms with E-state index >= 15 is 0 Å². The number of hydrogen-bond donors (Lipinski definition) is 1. The molecule has 30 heavy (non-hydrogen) atoms. The highest BCUT2D eigenvalue weighted by molar-refractivity contribution is 7.89. The number of ketones is 1. The van der Waals surface area contributed by atoms with E-state index in [1.807, 2.05) is 0 Å². The van der Waals surface area contributed by atoms with Crippen LogP contribution in [-0.4, -0.2) is 47.8 Å². The van der Waals surface area contributed by atoms with Gasteiger partial charge in [-0.15, -0.1) is 0 Å². The SMILES string of the molecule is CC(=O)c1cccc(NC(=O)C2CCN(S(=O)(=O)c3cccc4nonc34)CC2)c1. The Hall–Kier alpha value is -3.11. The fraction of sp³-hybridized carbons (Fsp3) is 0.300. The van der Waals surface area contributed by atoms with Gasteiger partial charge in [0.1, 0.15) is 10.4 Å². The van der Waals surface area contributed by atoms with E-state index in [4.69, 9.17) is 0 Å². The molecule has 1 aliphatic heterocycles. The van der Waals surface area contributed by atoms with Crippen molar-refractivity contribution in [3.63, 3.8) is 0 Å². The number of sulfonamides is 1. The second kappa shape index (κ2) is 7.96. The Morgan fingerprint density at radius 1 is 1.10 bits per heavy atom. The first-order valence-corrected chi connectivity index (χ1v) is 10.9. The van der Waals surface area contributed by atoms with Gasteiger partial charge in [0.05, 0.1) is 0 Å². The Balaban J connectivity index is 1.43. The number of nitrogens with one attached hydrogen (secondary N) is 1. The van der Waals surface area contributed by atoms with Crippen LogP contribution in [0.2, 0.25) is 0 Å². The van der Waals surface area contributed by atoms with Crippen molar-refractivity contribution < 1.29 is 22.6 Å². The standard InChI is InChI=1S/C20H20N4O5S/c1-13(25)15-4-2-5-16(12-15)21-20(26)14-8-10-24(11-9-14)30(27,28)18-7-3-6-17-19(18)23-29-22-17/h2-7,12,14H,8-11H2,1H3,(H,21,26). The van der Waals surface area contributed by atoms with Crippen molar-refractivity contribution in [1.82, 2.24) is 14.6 Å². The second-order valence-electron chi connectivity index (χ2n) is 7.19. The van der Waals surface area contributed by atoms with Crippen LogP contribution >= 0.6 is 0 Å². The lowest BCUT2D eigenvalue weighted by atomic mass is 9.97. The van der Waals surface area contributed by atoms with E-state index in [1.165, 1.54) is 17.3 Å². The molecular formula is C20H20N4O5S. The van der Waals surface area contributed by atoms with Crippen LogP contribution in [0.15, 0.2) is 52.0 Å². The van der Waals surface area contributed by atoms with E-state index < -0.39 is 10.0 Å². The van der Waals surface area contributed by atoms with Crippen molar-refractivity contribution in [3.05, 3.63) is 48.0 Å². The van der Waals surface area contributed by atoms with E-state index in [-0.39, 0.29) is 41.1 Å². The fourth-order valence-corrected chi connectivity index (χ4v) is 5.15. The lowest BCUT2D eigenvalue weighted by molar-refractivity contribution is -0.120. The van der Waals surface area contributed by atoms with Gasteiger partial charge in [-0.05, 0) is 54.3 Å². The average Bonchev–Trinajstić information content (AvgIpc) is 3.23. The summed E-state index contributed by atoms with van der Waals surface area (Å²) in [4.78, 5) is 24.2. The first-order chi connectivity index (χ1) is 14.4. The molecule has 1 N–H and O–H groups in total. The van der Waals surface area contributed by atoms with Crippen LogP contribution in [0.3, 0.4) is 0 Å². The predicted octanol–water partition coefficient (Wildman–Crippen LogP) is 2.46.